The van der Waals surface area contributed by atoms with Gasteiger partial charge in [-0.25, -0.2) is 4.68 Å². The van der Waals surface area contributed by atoms with Gasteiger partial charge in [0.15, 0.2) is 0 Å². The van der Waals surface area contributed by atoms with Crippen molar-refractivity contribution < 1.29 is 9.52 Å². The van der Waals surface area contributed by atoms with Gasteiger partial charge in [0.2, 0.25) is 5.89 Å². The van der Waals surface area contributed by atoms with Gasteiger partial charge in [-0.15, -0.1) is 5.10 Å². The number of aliphatic hydroxyl groups is 1. The van der Waals surface area contributed by atoms with Crippen LogP contribution in [0.25, 0.3) is 11.5 Å². The normalized spacial score (nSPS) is 17.2. The van der Waals surface area contributed by atoms with Gasteiger partial charge in [-0.3, -0.25) is 4.90 Å². The zero-order chi connectivity index (χ0) is 14.8. The van der Waals surface area contributed by atoms with Gasteiger partial charge >= 0.3 is 0 Å². The van der Waals surface area contributed by atoms with Crippen LogP contribution in [0.5, 0.6) is 0 Å². The van der Waals surface area contributed by atoms with E-state index in [4.69, 9.17) is 28.2 Å². The van der Waals surface area contributed by atoms with E-state index in [0.29, 0.717) is 22.4 Å². The monoisotopic (exact) mass is 325 g/mol. The first-order valence-electron chi connectivity index (χ1n) is 6.86. The van der Waals surface area contributed by atoms with Crippen molar-refractivity contribution in [2.45, 2.75) is 25.6 Å². The molecule has 1 aliphatic rings. The van der Waals surface area contributed by atoms with Crippen LogP contribution < -0.4 is 0 Å². The topological polar surface area (TPSA) is 54.4 Å². The molecule has 0 bridgehead atoms. The van der Waals surface area contributed by atoms with Crippen molar-refractivity contribution in [2.75, 3.05) is 13.1 Å². The van der Waals surface area contributed by atoms with Crippen molar-refractivity contribution in [2.24, 2.45) is 0 Å². The summed E-state index contributed by atoms with van der Waals surface area (Å²) in [6, 6.07) is 7.33. The first-order chi connectivity index (χ1) is 10.1. The van der Waals surface area contributed by atoms with Gasteiger partial charge in [-0.1, -0.05) is 17.7 Å². The molecule has 1 fully saturated rings. The van der Waals surface area contributed by atoms with Crippen molar-refractivity contribution >= 4 is 23.8 Å². The Bertz CT molecular complexity index is 677. The molecule has 112 valence electrons. The minimum atomic E-state index is -0.187. The predicted octanol–water partition coefficient (Wildman–Crippen LogP) is 2.94. The average Bonchev–Trinajstić information content (AvgIpc) is 2.83. The summed E-state index contributed by atoms with van der Waals surface area (Å²) in [6.07, 6.45) is 1.38. The van der Waals surface area contributed by atoms with E-state index in [1.54, 1.807) is 16.8 Å². The lowest BCUT2D eigenvalue weighted by Crippen LogP contribution is -2.37. The molecule has 0 spiro atoms. The Balaban J connectivity index is 1.77. The second-order valence-electron chi connectivity index (χ2n) is 5.17. The summed E-state index contributed by atoms with van der Waals surface area (Å²) in [4.78, 5) is 2.54. The summed E-state index contributed by atoms with van der Waals surface area (Å²) in [7, 11) is 0. The summed E-state index contributed by atoms with van der Waals surface area (Å²) in [6.45, 7) is 2.25. The molecule has 1 aromatic carbocycles. The van der Waals surface area contributed by atoms with Crippen LogP contribution in [-0.4, -0.2) is 39.0 Å². The average molecular weight is 326 g/mol. The number of aromatic nitrogens is 2. The molecule has 0 aliphatic carbocycles. The summed E-state index contributed by atoms with van der Waals surface area (Å²) in [5.74, 6) is 0.472. The maximum absolute atomic E-state index is 9.53. The highest BCUT2D eigenvalue weighted by Crippen LogP contribution is 2.21. The van der Waals surface area contributed by atoms with Crippen molar-refractivity contribution in [1.82, 2.24) is 14.7 Å². The van der Waals surface area contributed by atoms with Crippen molar-refractivity contribution in [3.8, 4) is 11.5 Å². The molecule has 1 aliphatic heterocycles. The molecule has 0 radical (unpaired) electrons. The number of halogens is 1. The summed E-state index contributed by atoms with van der Waals surface area (Å²) in [5, 5.41) is 14.6. The largest absolute Gasteiger partial charge is 0.409 e. The molecule has 2 aromatic rings. The number of benzene rings is 1. The first kappa shape index (κ1) is 14.7. The Morgan fingerprint density at radius 1 is 1.38 bits per heavy atom. The zero-order valence-corrected chi connectivity index (χ0v) is 13.0. The number of hydrogen-bond donors (Lipinski definition) is 1. The van der Waals surface area contributed by atoms with Gasteiger partial charge in [-0.2, -0.15) is 0 Å². The summed E-state index contributed by atoms with van der Waals surface area (Å²) in [5.41, 5.74) is 0.807. The van der Waals surface area contributed by atoms with Gasteiger partial charge in [0, 0.05) is 23.7 Å². The highest BCUT2D eigenvalue weighted by atomic mass is 35.5. The smallest absolute Gasteiger partial charge is 0.288 e. The third-order valence-corrected chi connectivity index (χ3v) is 4.10. The Hall–Kier alpha value is -1.21. The quantitative estimate of drug-likeness (QED) is 0.879. The van der Waals surface area contributed by atoms with E-state index < -0.39 is 0 Å². The minimum Gasteiger partial charge on any atom is -0.409 e. The molecule has 0 unspecified atom stereocenters. The van der Waals surface area contributed by atoms with Crippen LogP contribution in [0.2, 0.25) is 5.02 Å². The van der Waals surface area contributed by atoms with Crippen molar-refractivity contribution in [3.05, 3.63) is 34.1 Å². The molecule has 21 heavy (non-hydrogen) atoms. The number of rotatable bonds is 3. The lowest BCUT2D eigenvalue weighted by Gasteiger charge is -2.28. The SMILES string of the molecule is OC1CCN(Cn2nc(-c3cccc(Cl)c3)oc2=S)CC1. The van der Waals surface area contributed by atoms with E-state index in [1.165, 1.54) is 0 Å². The zero-order valence-electron chi connectivity index (χ0n) is 11.4. The Morgan fingerprint density at radius 3 is 2.86 bits per heavy atom. The Kier molecular flexibility index (Phi) is 4.40. The number of hydrogen-bond acceptors (Lipinski definition) is 5. The minimum absolute atomic E-state index is 0.187. The van der Waals surface area contributed by atoms with Crippen LogP contribution in [0.3, 0.4) is 0 Å². The molecule has 1 N–H and O–H groups in total. The summed E-state index contributed by atoms with van der Waals surface area (Å²) >= 11 is 11.2. The van der Waals surface area contributed by atoms with Gasteiger partial charge in [0.05, 0.1) is 12.8 Å². The molecule has 0 saturated carbocycles. The fourth-order valence-corrected chi connectivity index (χ4v) is 2.75. The molecular formula is C14H16ClN3O2S. The fraction of sp³-hybridized carbons (Fsp3) is 0.429. The molecule has 0 atom stereocenters. The Labute approximate surface area is 132 Å². The highest BCUT2D eigenvalue weighted by Gasteiger charge is 2.18. The van der Waals surface area contributed by atoms with E-state index in [9.17, 15) is 5.11 Å². The van der Waals surface area contributed by atoms with Crippen molar-refractivity contribution in [3.63, 3.8) is 0 Å². The van der Waals surface area contributed by atoms with Crippen LogP contribution in [0.4, 0.5) is 0 Å². The Morgan fingerprint density at radius 2 is 2.14 bits per heavy atom. The molecular weight excluding hydrogens is 310 g/mol. The molecule has 7 heteroatoms. The highest BCUT2D eigenvalue weighted by molar-refractivity contribution is 7.71. The summed E-state index contributed by atoms with van der Waals surface area (Å²) < 4.78 is 7.22. The molecule has 1 saturated heterocycles. The van der Waals surface area contributed by atoms with E-state index in [-0.39, 0.29) is 6.10 Å². The third-order valence-electron chi connectivity index (χ3n) is 3.57. The second-order valence-corrected chi connectivity index (χ2v) is 5.96. The molecule has 3 rings (SSSR count). The number of nitrogens with zero attached hydrogens (tertiary/aromatic N) is 3. The standard InChI is InChI=1S/C14H16ClN3O2S/c15-11-3-1-2-10(8-11)13-16-18(14(21)20-13)9-17-6-4-12(19)5-7-17/h1-3,8,12,19H,4-7,9H2. The lowest BCUT2D eigenvalue weighted by molar-refractivity contribution is 0.0647. The van der Waals surface area contributed by atoms with Gasteiger partial charge in [0.1, 0.15) is 0 Å². The van der Waals surface area contributed by atoms with E-state index in [0.717, 1.165) is 31.5 Å². The van der Waals surface area contributed by atoms with Crippen LogP contribution >= 0.6 is 23.8 Å². The van der Waals surface area contributed by atoms with Crippen LogP contribution in [0.1, 0.15) is 12.8 Å². The molecule has 5 nitrogen and oxygen atoms in total. The number of likely N-dealkylation sites (tertiary alicyclic amines) is 1. The molecule has 0 amide bonds. The lowest BCUT2D eigenvalue weighted by atomic mass is 10.1. The third kappa shape index (κ3) is 3.52. The molecule has 2 heterocycles. The van der Waals surface area contributed by atoms with E-state index >= 15 is 0 Å². The van der Waals surface area contributed by atoms with E-state index in [2.05, 4.69) is 10.00 Å². The van der Waals surface area contributed by atoms with Crippen molar-refractivity contribution in [1.29, 1.82) is 0 Å². The predicted molar refractivity (Wildman–Crippen MR) is 82.6 cm³/mol. The van der Waals surface area contributed by atoms with Gasteiger partial charge < -0.3 is 9.52 Å². The molecule has 1 aromatic heterocycles. The van der Waals surface area contributed by atoms with Crippen LogP contribution in [0, 0.1) is 4.84 Å². The van der Waals surface area contributed by atoms with Gasteiger partial charge in [-0.05, 0) is 43.3 Å². The maximum atomic E-state index is 9.53. The first-order valence-corrected chi connectivity index (χ1v) is 7.65. The van der Waals surface area contributed by atoms with Crippen LogP contribution in [0.15, 0.2) is 28.7 Å². The number of aliphatic hydroxyl groups excluding tert-OH is 1. The number of piperidine rings is 1. The second kappa shape index (κ2) is 6.27. The van der Waals surface area contributed by atoms with E-state index in [1.807, 2.05) is 12.1 Å². The fourth-order valence-electron chi connectivity index (χ4n) is 2.38. The maximum Gasteiger partial charge on any atom is 0.288 e. The van der Waals surface area contributed by atoms with Gasteiger partial charge in [0.25, 0.3) is 4.84 Å². The van der Waals surface area contributed by atoms with Crippen LogP contribution in [-0.2, 0) is 6.67 Å².